The highest BCUT2D eigenvalue weighted by Gasteiger charge is 2.20. The van der Waals surface area contributed by atoms with Gasteiger partial charge in [0.1, 0.15) is 0 Å². The van der Waals surface area contributed by atoms with Crippen LogP contribution in [0.15, 0.2) is 12.1 Å². The highest BCUT2D eigenvalue weighted by atomic mass is 16.5. The molecule has 19 heavy (non-hydrogen) atoms. The molecular weight excluding hydrogens is 242 g/mol. The first-order chi connectivity index (χ1) is 9.22. The van der Waals surface area contributed by atoms with Crippen molar-refractivity contribution in [3.8, 4) is 0 Å². The highest BCUT2D eigenvalue weighted by Crippen LogP contribution is 2.31. The van der Waals surface area contributed by atoms with E-state index in [1.165, 1.54) is 6.42 Å². The molecule has 5 heteroatoms. The molecule has 1 unspecified atom stereocenters. The summed E-state index contributed by atoms with van der Waals surface area (Å²) in [6.07, 6.45) is 4.15. The Morgan fingerprint density at radius 3 is 3.11 bits per heavy atom. The molecule has 3 rings (SSSR count). The lowest BCUT2D eigenvalue weighted by molar-refractivity contribution is -0.115. The second-order valence-electron chi connectivity index (χ2n) is 5.19. The van der Waals surface area contributed by atoms with Gasteiger partial charge in [-0.05, 0) is 37.0 Å². The molecule has 1 fully saturated rings. The molecule has 102 valence electrons. The van der Waals surface area contributed by atoms with Gasteiger partial charge in [0.25, 0.3) is 0 Å². The molecule has 5 nitrogen and oxygen atoms in total. The third-order valence-electron chi connectivity index (χ3n) is 3.69. The van der Waals surface area contributed by atoms with Gasteiger partial charge in [-0.25, -0.2) is 0 Å². The zero-order valence-corrected chi connectivity index (χ0v) is 10.9. The van der Waals surface area contributed by atoms with Gasteiger partial charge in [-0.3, -0.25) is 4.79 Å². The smallest absolute Gasteiger partial charge is 0.228 e. The van der Waals surface area contributed by atoms with Crippen LogP contribution in [0.2, 0.25) is 0 Å². The second kappa shape index (κ2) is 5.09. The standard InChI is InChI=1S/C14H19N3O2/c15-11-5-9-6-14(18)17-12(9)7-13(11)16-8-10-3-1-2-4-19-10/h5,7,10,16H,1-4,6,8,15H2,(H,17,18). The lowest BCUT2D eigenvalue weighted by atomic mass is 10.1. The molecule has 0 saturated carbocycles. The van der Waals surface area contributed by atoms with Crippen molar-refractivity contribution in [3.63, 3.8) is 0 Å². The molecule has 1 amide bonds. The van der Waals surface area contributed by atoms with Crippen molar-refractivity contribution >= 4 is 23.0 Å². The predicted molar refractivity (Wildman–Crippen MR) is 75.3 cm³/mol. The van der Waals surface area contributed by atoms with Gasteiger partial charge in [0.15, 0.2) is 0 Å². The first-order valence-electron chi connectivity index (χ1n) is 6.80. The number of carbonyl (C=O) groups is 1. The molecule has 0 aromatic heterocycles. The third kappa shape index (κ3) is 2.66. The van der Waals surface area contributed by atoms with Crippen LogP contribution in [0.4, 0.5) is 17.1 Å². The minimum Gasteiger partial charge on any atom is -0.397 e. The Morgan fingerprint density at radius 2 is 2.32 bits per heavy atom. The van der Waals surface area contributed by atoms with Crippen LogP contribution in [0.25, 0.3) is 0 Å². The molecular formula is C14H19N3O2. The van der Waals surface area contributed by atoms with Crippen molar-refractivity contribution in [3.05, 3.63) is 17.7 Å². The van der Waals surface area contributed by atoms with Gasteiger partial charge in [0.2, 0.25) is 5.91 Å². The van der Waals surface area contributed by atoms with E-state index in [1.54, 1.807) is 0 Å². The first kappa shape index (κ1) is 12.3. The number of benzene rings is 1. The Morgan fingerprint density at radius 1 is 1.42 bits per heavy atom. The number of anilines is 3. The Balaban J connectivity index is 1.67. The number of hydrogen-bond acceptors (Lipinski definition) is 4. The van der Waals surface area contributed by atoms with E-state index >= 15 is 0 Å². The number of nitrogens with one attached hydrogen (secondary N) is 2. The Hall–Kier alpha value is -1.75. The summed E-state index contributed by atoms with van der Waals surface area (Å²) in [5.74, 6) is 0.0298. The van der Waals surface area contributed by atoms with E-state index in [9.17, 15) is 4.79 Å². The summed E-state index contributed by atoms with van der Waals surface area (Å²) in [7, 11) is 0. The molecule has 0 bridgehead atoms. The molecule has 1 aromatic rings. The van der Waals surface area contributed by atoms with E-state index in [4.69, 9.17) is 10.5 Å². The fourth-order valence-corrected chi connectivity index (χ4v) is 2.64. The number of fused-ring (bicyclic) bond motifs is 1. The van der Waals surface area contributed by atoms with Crippen LogP contribution < -0.4 is 16.4 Å². The number of hydrogen-bond donors (Lipinski definition) is 3. The summed E-state index contributed by atoms with van der Waals surface area (Å²) in [5.41, 5.74) is 9.41. The molecule has 4 N–H and O–H groups in total. The van der Waals surface area contributed by atoms with E-state index < -0.39 is 0 Å². The molecule has 0 aliphatic carbocycles. The number of nitrogen functional groups attached to an aromatic ring is 1. The maximum atomic E-state index is 11.3. The van der Waals surface area contributed by atoms with Gasteiger partial charge in [-0.2, -0.15) is 0 Å². The fraction of sp³-hybridized carbons (Fsp3) is 0.500. The van der Waals surface area contributed by atoms with Gasteiger partial charge in [-0.15, -0.1) is 0 Å². The summed E-state index contributed by atoms with van der Waals surface area (Å²) in [6.45, 7) is 1.61. The number of carbonyl (C=O) groups excluding carboxylic acids is 1. The van der Waals surface area contributed by atoms with Crippen LogP contribution in [0, 0.1) is 0 Å². The Bertz CT molecular complexity index is 496. The zero-order chi connectivity index (χ0) is 13.2. The van der Waals surface area contributed by atoms with Gasteiger partial charge >= 0.3 is 0 Å². The van der Waals surface area contributed by atoms with Crippen LogP contribution in [0.3, 0.4) is 0 Å². The lowest BCUT2D eigenvalue weighted by Gasteiger charge is -2.23. The van der Waals surface area contributed by atoms with Crippen molar-refractivity contribution in [1.82, 2.24) is 0 Å². The quantitative estimate of drug-likeness (QED) is 0.724. The Kier molecular flexibility index (Phi) is 3.29. The van der Waals surface area contributed by atoms with E-state index in [-0.39, 0.29) is 12.0 Å². The fourth-order valence-electron chi connectivity index (χ4n) is 2.64. The average molecular weight is 261 g/mol. The van der Waals surface area contributed by atoms with Gasteiger partial charge in [0.05, 0.1) is 23.9 Å². The number of amides is 1. The summed E-state index contributed by atoms with van der Waals surface area (Å²) >= 11 is 0. The summed E-state index contributed by atoms with van der Waals surface area (Å²) in [5, 5.41) is 6.16. The highest BCUT2D eigenvalue weighted by molar-refractivity contribution is 6.00. The minimum absolute atomic E-state index is 0.0298. The SMILES string of the molecule is Nc1cc2c(cc1NCC1CCCCO1)NC(=O)C2. The summed E-state index contributed by atoms with van der Waals surface area (Å²) < 4.78 is 5.68. The average Bonchev–Trinajstić information content (AvgIpc) is 2.76. The molecule has 0 spiro atoms. The largest absolute Gasteiger partial charge is 0.397 e. The maximum absolute atomic E-state index is 11.3. The van der Waals surface area contributed by atoms with Gasteiger partial charge in [0, 0.05) is 18.8 Å². The minimum atomic E-state index is 0.0298. The van der Waals surface area contributed by atoms with Crippen molar-refractivity contribution < 1.29 is 9.53 Å². The van der Waals surface area contributed by atoms with Gasteiger partial charge < -0.3 is 21.1 Å². The second-order valence-corrected chi connectivity index (χ2v) is 5.19. The predicted octanol–water partition coefficient (Wildman–Crippen LogP) is 1.74. The van der Waals surface area contributed by atoms with Crippen molar-refractivity contribution in [1.29, 1.82) is 0 Å². The zero-order valence-electron chi connectivity index (χ0n) is 10.9. The number of nitrogens with two attached hydrogens (primary N) is 1. The van der Waals surface area contributed by atoms with Crippen molar-refractivity contribution in [2.24, 2.45) is 0 Å². The maximum Gasteiger partial charge on any atom is 0.228 e. The van der Waals surface area contributed by atoms with Crippen LogP contribution in [0.1, 0.15) is 24.8 Å². The lowest BCUT2D eigenvalue weighted by Crippen LogP contribution is -2.27. The Labute approximate surface area is 112 Å². The monoisotopic (exact) mass is 261 g/mol. The van der Waals surface area contributed by atoms with E-state index in [0.29, 0.717) is 12.1 Å². The molecule has 1 aromatic carbocycles. The molecule has 2 heterocycles. The number of rotatable bonds is 3. The van der Waals surface area contributed by atoms with Gasteiger partial charge in [-0.1, -0.05) is 0 Å². The topological polar surface area (TPSA) is 76.4 Å². The molecule has 1 saturated heterocycles. The molecule has 2 aliphatic rings. The third-order valence-corrected chi connectivity index (χ3v) is 3.69. The summed E-state index contributed by atoms with van der Waals surface area (Å²) in [6, 6.07) is 3.79. The molecule has 1 atom stereocenters. The van der Waals surface area contributed by atoms with Crippen LogP contribution in [-0.4, -0.2) is 25.2 Å². The van der Waals surface area contributed by atoms with E-state index in [0.717, 1.165) is 42.9 Å². The van der Waals surface area contributed by atoms with Crippen molar-refractivity contribution in [2.45, 2.75) is 31.8 Å². The molecule has 2 aliphatic heterocycles. The number of ether oxygens (including phenoxy) is 1. The van der Waals surface area contributed by atoms with Crippen LogP contribution >= 0.6 is 0 Å². The van der Waals surface area contributed by atoms with Crippen LogP contribution in [0.5, 0.6) is 0 Å². The van der Waals surface area contributed by atoms with E-state index in [2.05, 4.69) is 10.6 Å². The van der Waals surface area contributed by atoms with Crippen molar-refractivity contribution in [2.75, 3.05) is 29.5 Å². The first-order valence-corrected chi connectivity index (χ1v) is 6.80. The normalized spacial score (nSPS) is 21.9. The van der Waals surface area contributed by atoms with Crippen LogP contribution in [-0.2, 0) is 16.0 Å². The summed E-state index contributed by atoms with van der Waals surface area (Å²) in [4.78, 5) is 11.3. The molecule has 0 radical (unpaired) electrons. The van der Waals surface area contributed by atoms with E-state index in [1.807, 2.05) is 12.1 Å².